The van der Waals surface area contributed by atoms with Gasteiger partial charge in [0.05, 0.1) is 10.5 Å². The van der Waals surface area contributed by atoms with E-state index in [0.29, 0.717) is 6.07 Å². The highest BCUT2D eigenvalue weighted by molar-refractivity contribution is 5.98. The molecule has 2 aromatic rings. The van der Waals surface area contributed by atoms with E-state index in [1.54, 1.807) is 0 Å². The van der Waals surface area contributed by atoms with Gasteiger partial charge in [0, 0.05) is 12.1 Å². The first kappa shape index (κ1) is 18.0. The molecule has 0 saturated heterocycles. The second-order valence-corrected chi connectivity index (χ2v) is 4.75. The summed E-state index contributed by atoms with van der Waals surface area (Å²) in [4.78, 5) is 33.1. The lowest BCUT2D eigenvalue weighted by Crippen LogP contribution is -2.20. The fraction of sp³-hybridized carbons (Fsp3) is 0.125. The summed E-state index contributed by atoms with van der Waals surface area (Å²) in [6.45, 7) is -1.33. The molecule has 0 saturated carbocycles. The van der Waals surface area contributed by atoms with Crippen molar-refractivity contribution >= 4 is 17.4 Å². The van der Waals surface area contributed by atoms with Crippen molar-refractivity contribution in [2.24, 2.45) is 0 Å². The molecule has 0 atom stereocenters. The number of rotatable bonds is 7. The van der Waals surface area contributed by atoms with Crippen LogP contribution in [0.15, 0.2) is 42.5 Å². The molecule has 0 amide bonds. The number of nitro benzene ring substituents is 1. The first-order valence-corrected chi connectivity index (χ1v) is 6.88. The lowest BCUT2D eigenvalue weighted by molar-refractivity contribution is -0.384. The summed E-state index contributed by atoms with van der Waals surface area (Å²) in [5, 5.41) is 10.5. The molecule has 0 radical (unpaired) electrons. The molecule has 0 aliphatic rings. The number of hydrogen-bond donors (Lipinski definition) is 0. The summed E-state index contributed by atoms with van der Waals surface area (Å²) < 4.78 is 36.1. The van der Waals surface area contributed by atoms with Gasteiger partial charge in [0.15, 0.2) is 13.2 Å². The second-order valence-electron chi connectivity index (χ2n) is 4.75. The Morgan fingerprint density at radius 1 is 1.04 bits per heavy atom. The van der Waals surface area contributed by atoms with E-state index in [4.69, 9.17) is 4.74 Å². The smallest absolute Gasteiger partial charge is 0.344 e. The molecular weight excluding hydrogens is 340 g/mol. The largest absolute Gasteiger partial charge is 0.482 e. The Bertz CT molecular complexity index is 807. The third kappa shape index (κ3) is 5.06. The Labute approximate surface area is 139 Å². The number of hydrogen-bond acceptors (Lipinski definition) is 6. The predicted octanol–water partition coefficient (Wildman–Crippen LogP) is 2.68. The number of non-ortho nitro benzene ring substituents is 1. The Kier molecular flexibility index (Phi) is 5.72. The van der Waals surface area contributed by atoms with Crippen LogP contribution >= 0.6 is 0 Å². The summed E-state index contributed by atoms with van der Waals surface area (Å²) >= 11 is 0. The van der Waals surface area contributed by atoms with E-state index >= 15 is 0 Å². The first-order valence-electron chi connectivity index (χ1n) is 6.88. The highest BCUT2D eigenvalue weighted by Crippen LogP contribution is 2.17. The molecule has 7 nitrogen and oxygen atoms in total. The lowest BCUT2D eigenvalue weighted by atomic mass is 10.1. The van der Waals surface area contributed by atoms with Crippen LogP contribution in [0.4, 0.5) is 14.5 Å². The zero-order valence-corrected chi connectivity index (χ0v) is 12.6. The number of carbonyl (C=O) groups is 2. The van der Waals surface area contributed by atoms with Crippen molar-refractivity contribution in [3.63, 3.8) is 0 Å². The average molecular weight is 351 g/mol. The maximum absolute atomic E-state index is 13.4. The third-order valence-corrected chi connectivity index (χ3v) is 3.00. The number of esters is 1. The van der Waals surface area contributed by atoms with Crippen molar-refractivity contribution in [1.82, 2.24) is 0 Å². The second kappa shape index (κ2) is 7.95. The highest BCUT2D eigenvalue weighted by atomic mass is 19.1. The molecule has 0 bridgehead atoms. The van der Waals surface area contributed by atoms with Crippen LogP contribution in [0.1, 0.15) is 10.4 Å². The number of Topliss-reactive ketones (excluding diaryl/α,β-unsaturated/α-hetero) is 1. The van der Waals surface area contributed by atoms with Crippen LogP contribution in [0.3, 0.4) is 0 Å². The quantitative estimate of drug-likeness (QED) is 0.329. The van der Waals surface area contributed by atoms with Gasteiger partial charge in [-0.15, -0.1) is 0 Å². The molecule has 0 aliphatic carbocycles. The lowest BCUT2D eigenvalue weighted by Gasteiger charge is -2.07. The summed E-state index contributed by atoms with van der Waals surface area (Å²) in [5.41, 5.74) is -0.665. The number of halogens is 2. The highest BCUT2D eigenvalue weighted by Gasteiger charge is 2.15. The molecule has 9 heteroatoms. The molecule has 0 heterocycles. The van der Waals surface area contributed by atoms with Crippen LogP contribution < -0.4 is 4.74 Å². The fourth-order valence-corrected chi connectivity index (χ4v) is 1.78. The number of ketones is 1. The number of nitrogens with zero attached hydrogens (tertiary/aromatic N) is 1. The number of nitro groups is 1. The van der Waals surface area contributed by atoms with Gasteiger partial charge in [0.2, 0.25) is 5.78 Å². The molecule has 0 unspecified atom stereocenters. The van der Waals surface area contributed by atoms with Gasteiger partial charge in [-0.2, -0.15) is 0 Å². The van der Waals surface area contributed by atoms with Gasteiger partial charge < -0.3 is 9.47 Å². The summed E-state index contributed by atoms with van der Waals surface area (Å²) in [7, 11) is 0. The Morgan fingerprint density at radius 3 is 2.36 bits per heavy atom. The topological polar surface area (TPSA) is 95.7 Å². The van der Waals surface area contributed by atoms with Gasteiger partial charge in [0.1, 0.15) is 17.4 Å². The van der Waals surface area contributed by atoms with E-state index in [9.17, 15) is 28.5 Å². The van der Waals surface area contributed by atoms with Crippen molar-refractivity contribution in [2.75, 3.05) is 13.2 Å². The molecular formula is C16H11F2NO6. The van der Waals surface area contributed by atoms with Gasteiger partial charge in [-0.05, 0) is 30.3 Å². The Morgan fingerprint density at radius 2 is 1.72 bits per heavy atom. The summed E-state index contributed by atoms with van der Waals surface area (Å²) in [5.74, 6) is -3.35. The van der Waals surface area contributed by atoms with Gasteiger partial charge >= 0.3 is 5.97 Å². The number of benzene rings is 2. The predicted molar refractivity (Wildman–Crippen MR) is 80.2 cm³/mol. The van der Waals surface area contributed by atoms with Crippen molar-refractivity contribution in [2.45, 2.75) is 0 Å². The van der Waals surface area contributed by atoms with E-state index < -0.39 is 47.1 Å². The molecule has 0 aromatic heterocycles. The van der Waals surface area contributed by atoms with Crippen molar-refractivity contribution in [1.29, 1.82) is 0 Å². The van der Waals surface area contributed by atoms with E-state index in [0.717, 1.165) is 12.1 Å². The maximum Gasteiger partial charge on any atom is 0.344 e. The Hall–Kier alpha value is -3.36. The summed E-state index contributed by atoms with van der Waals surface area (Å²) in [6.07, 6.45) is 0. The normalized spacial score (nSPS) is 10.2. The minimum absolute atomic E-state index is 0.141. The van der Waals surface area contributed by atoms with E-state index in [1.807, 2.05) is 0 Å². The molecule has 25 heavy (non-hydrogen) atoms. The molecule has 130 valence electrons. The Balaban J connectivity index is 1.83. The first-order chi connectivity index (χ1) is 11.9. The van der Waals surface area contributed by atoms with Crippen molar-refractivity contribution < 1.29 is 32.8 Å². The number of carbonyl (C=O) groups excluding carboxylic acids is 2. The third-order valence-electron chi connectivity index (χ3n) is 3.00. The van der Waals surface area contributed by atoms with Gasteiger partial charge in [-0.25, -0.2) is 13.6 Å². The minimum atomic E-state index is -0.926. The van der Waals surface area contributed by atoms with Crippen molar-refractivity contribution in [3.05, 3.63) is 69.8 Å². The average Bonchev–Trinajstić information content (AvgIpc) is 2.60. The molecule has 0 aliphatic heterocycles. The van der Waals surface area contributed by atoms with Crippen LogP contribution in [0.5, 0.6) is 5.75 Å². The maximum atomic E-state index is 13.4. The van der Waals surface area contributed by atoms with Gasteiger partial charge in [-0.1, -0.05) is 0 Å². The van der Waals surface area contributed by atoms with Crippen LogP contribution in [-0.2, 0) is 9.53 Å². The molecule has 2 rings (SSSR count). The molecule has 0 fully saturated rings. The number of ether oxygens (including phenoxy) is 2. The molecule has 0 N–H and O–H groups in total. The van der Waals surface area contributed by atoms with Crippen LogP contribution in [0, 0.1) is 21.7 Å². The van der Waals surface area contributed by atoms with E-state index in [1.165, 1.54) is 24.3 Å². The molecule has 0 spiro atoms. The van der Waals surface area contributed by atoms with Gasteiger partial charge in [0.25, 0.3) is 5.69 Å². The zero-order chi connectivity index (χ0) is 18.4. The standard InChI is InChI=1S/C16H11F2NO6/c17-10-1-6-14(18)13(7-10)15(20)8-25-16(21)9-24-12-4-2-11(3-5-12)19(22)23/h1-7H,8-9H2. The monoisotopic (exact) mass is 351 g/mol. The van der Waals surface area contributed by atoms with E-state index in [2.05, 4.69) is 4.74 Å². The van der Waals surface area contributed by atoms with Crippen LogP contribution in [-0.4, -0.2) is 29.9 Å². The van der Waals surface area contributed by atoms with Gasteiger partial charge in [-0.3, -0.25) is 14.9 Å². The van der Waals surface area contributed by atoms with Crippen LogP contribution in [0.2, 0.25) is 0 Å². The van der Waals surface area contributed by atoms with Crippen LogP contribution in [0.25, 0.3) is 0 Å². The van der Waals surface area contributed by atoms with E-state index in [-0.39, 0.29) is 11.4 Å². The molecule has 2 aromatic carbocycles. The minimum Gasteiger partial charge on any atom is -0.482 e. The SMILES string of the molecule is O=C(COc1ccc([N+](=O)[O-])cc1)OCC(=O)c1cc(F)ccc1F. The summed E-state index contributed by atoms with van der Waals surface area (Å²) in [6, 6.07) is 7.32. The zero-order valence-electron chi connectivity index (χ0n) is 12.6. The van der Waals surface area contributed by atoms with Crippen molar-refractivity contribution in [3.8, 4) is 5.75 Å². The fourth-order valence-electron chi connectivity index (χ4n) is 1.78.